The van der Waals surface area contributed by atoms with Crippen molar-refractivity contribution in [3.8, 4) is 17.6 Å². The van der Waals surface area contributed by atoms with Crippen molar-refractivity contribution in [2.45, 2.75) is 39.2 Å². The van der Waals surface area contributed by atoms with Gasteiger partial charge in [-0.1, -0.05) is 36.8 Å². The Balaban J connectivity index is 1.86. The molecule has 1 aliphatic rings. The number of aromatic amines is 1. The van der Waals surface area contributed by atoms with Crippen molar-refractivity contribution in [1.29, 1.82) is 0 Å². The Labute approximate surface area is 164 Å². The molecule has 5 nitrogen and oxygen atoms in total. The van der Waals surface area contributed by atoms with E-state index in [0.29, 0.717) is 46.4 Å². The van der Waals surface area contributed by atoms with Crippen LogP contribution in [0.1, 0.15) is 37.4 Å². The lowest BCUT2D eigenvalue weighted by atomic mass is 10.1. The molecule has 0 spiro atoms. The average molecular weight is 388 g/mol. The van der Waals surface area contributed by atoms with Gasteiger partial charge in [-0.15, -0.1) is 0 Å². The fourth-order valence-corrected chi connectivity index (χ4v) is 3.47. The molecule has 1 atom stereocenters. The zero-order valence-corrected chi connectivity index (χ0v) is 16.6. The van der Waals surface area contributed by atoms with Gasteiger partial charge in [-0.3, -0.25) is 4.79 Å². The lowest BCUT2D eigenvalue weighted by molar-refractivity contribution is 0.239. The van der Waals surface area contributed by atoms with Crippen molar-refractivity contribution in [3.63, 3.8) is 0 Å². The highest BCUT2D eigenvalue weighted by Gasteiger charge is 2.15. The number of benzene rings is 1. The molecule has 27 heavy (non-hydrogen) atoms. The summed E-state index contributed by atoms with van der Waals surface area (Å²) in [7, 11) is 0. The number of fused-ring (bicyclic) bond motifs is 1. The molecule has 0 aliphatic carbocycles. The van der Waals surface area contributed by atoms with Gasteiger partial charge in [0.05, 0.1) is 22.6 Å². The molecule has 0 bridgehead atoms. The third-order valence-electron chi connectivity index (χ3n) is 4.77. The van der Waals surface area contributed by atoms with Gasteiger partial charge in [0.1, 0.15) is 12.4 Å². The van der Waals surface area contributed by atoms with Crippen LogP contribution in [-0.4, -0.2) is 37.3 Å². The molecule has 1 aromatic heterocycles. The van der Waals surface area contributed by atoms with Crippen molar-refractivity contribution in [1.82, 2.24) is 15.6 Å². The van der Waals surface area contributed by atoms with E-state index in [1.165, 1.54) is 12.8 Å². The van der Waals surface area contributed by atoms with Gasteiger partial charge in [0.25, 0.3) is 0 Å². The van der Waals surface area contributed by atoms with Gasteiger partial charge in [-0.05, 0) is 38.9 Å². The van der Waals surface area contributed by atoms with Crippen LogP contribution in [0.3, 0.4) is 0 Å². The van der Waals surface area contributed by atoms with E-state index < -0.39 is 0 Å². The predicted molar refractivity (Wildman–Crippen MR) is 111 cm³/mol. The van der Waals surface area contributed by atoms with Crippen LogP contribution in [0.4, 0.5) is 0 Å². The first-order valence-electron chi connectivity index (χ1n) is 9.52. The average Bonchev–Trinajstić information content (AvgIpc) is 2.67. The van der Waals surface area contributed by atoms with E-state index in [2.05, 4.69) is 27.5 Å². The van der Waals surface area contributed by atoms with E-state index in [0.717, 1.165) is 25.2 Å². The summed E-state index contributed by atoms with van der Waals surface area (Å²) in [4.78, 5) is 16.1. The van der Waals surface area contributed by atoms with E-state index >= 15 is 0 Å². The maximum Gasteiger partial charge on any atom is 0.205 e. The normalized spacial score (nSPS) is 16.8. The van der Waals surface area contributed by atoms with Crippen LogP contribution in [0.2, 0.25) is 5.02 Å². The van der Waals surface area contributed by atoms with Crippen LogP contribution in [-0.2, 0) is 0 Å². The quantitative estimate of drug-likeness (QED) is 0.545. The molecule has 0 saturated carbocycles. The molecule has 6 heteroatoms. The first-order chi connectivity index (χ1) is 13.1. The second kappa shape index (κ2) is 9.27. The lowest BCUT2D eigenvalue weighted by Crippen LogP contribution is -2.38. The van der Waals surface area contributed by atoms with E-state index in [1.807, 2.05) is 19.9 Å². The van der Waals surface area contributed by atoms with Crippen LogP contribution >= 0.6 is 11.6 Å². The first-order valence-corrected chi connectivity index (χ1v) is 9.90. The summed E-state index contributed by atoms with van der Waals surface area (Å²) < 4.78 is 5.93. The van der Waals surface area contributed by atoms with Crippen molar-refractivity contribution >= 4 is 22.5 Å². The Hall–Kier alpha value is -2.00. The Morgan fingerprint density at radius 3 is 2.96 bits per heavy atom. The maximum absolute atomic E-state index is 12.8. The fraction of sp³-hybridized carbons (Fsp3) is 0.476. The minimum atomic E-state index is -0.104. The summed E-state index contributed by atoms with van der Waals surface area (Å²) in [6.07, 6.45) is 3.54. The second-order valence-electron chi connectivity index (χ2n) is 6.82. The van der Waals surface area contributed by atoms with Gasteiger partial charge >= 0.3 is 0 Å². The van der Waals surface area contributed by atoms with Gasteiger partial charge in [-0.25, -0.2) is 0 Å². The molecule has 2 heterocycles. The zero-order chi connectivity index (χ0) is 19.2. The van der Waals surface area contributed by atoms with Gasteiger partial charge < -0.3 is 20.4 Å². The maximum atomic E-state index is 12.8. The van der Waals surface area contributed by atoms with Crippen molar-refractivity contribution in [3.05, 3.63) is 38.6 Å². The van der Waals surface area contributed by atoms with Gasteiger partial charge in [0.15, 0.2) is 0 Å². The zero-order valence-electron chi connectivity index (χ0n) is 15.9. The number of H-pyrrole nitrogens is 1. The standard InChI is InChI=1S/C21H26ClN3O2/c1-3-23-9-6-8-16-14(2)25-19-12-20(18(22)11-17(19)21(16)26)27-13-15-7-4-5-10-24-15/h11-12,15,23-24H,3-5,7,9-10,13H2,1-2H3,(H,25,26). The molecular weight excluding hydrogens is 362 g/mol. The highest BCUT2D eigenvalue weighted by Crippen LogP contribution is 2.29. The molecule has 144 valence electrons. The van der Waals surface area contributed by atoms with Gasteiger partial charge in [0.2, 0.25) is 5.43 Å². The lowest BCUT2D eigenvalue weighted by Gasteiger charge is -2.23. The number of halogens is 1. The highest BCUT2D eigenvalue weighted by molar-refractivity contribution is 6.32. The topological polar surface area (TPSA) is 66.2 Å². The Kier molecular flexibility index (Phi) is 6.78. The Morgan fingerprint density at radius 1 is 1.37 bits per heavy atom. The first kappa shape index (κ1) is 19.8. The number of hydrogen-bond acceptors (Lipinski definition) is 4. The number of ether oxygens (including phenoxy) is 1. The molecular formula is C21H26ClN3O2. The van der Waals surface area contributed by atoms with E-state index in [4.69, 9.17) is 16.3 Å². The third-order valence-corrected chi connectivity index (χ3v) is 5.07. The number of aromatic nitrogens is 1. The van der Waals surface area contributed by atoms with E-state index in [-0.39, 0.29) is 5.43 Å². The summed E-state index contributed by atoms with van der Waals surface area (Å²) in [6, 6.07) is 3.83. The van der Waals surface area contributed by atoms with Crippen LogP contribution in [0.15, 0.2) is 16.9 Å². The molecule has 3 rings (SSSR count). The summed E-state index contributed by atoms with van der Waals surface area (Å²) in [5.74, 6) is 6.55. The number of rotatable bonds is 5. The van der Waals surface area contributed by atoms with E-state index in [9.17, 15) is 4.79 Å². The number of hydrogen-bond donors (Lipinski definition) is 3. The molecule has 0 amide bonds. The minimum absolute atomic E-state index is 0.104. The molecule has 1 aromatic carbocycles. The minimum Gasteiger partial charge on any atom is -0.490 e. The largest absolute Gasteiger partial charge is 0.490 e. The molecule has 2 aromatic rings. The molecule has 1 fully saturated rings. The number of nitrogens with one attached hydrogen (secondary N) is 3. The SMILES string of the molecule is CCNCC#Cc1c(C)[nH]c2cc(OCC3CCCCN3)c(Cl)cc2c1=O. The third kappa shape index (κ3) is 4.84. The Morgan fingerprint density at radius 2 is 2.22 bits per heavy atom. The molecule has 0 radical (unpaired) electrons. The summed E-state index contributed by atoms with van der Waals surface area (Å²) in [5.41, 5.74) is 1.84. The molecule has 1 saturated heterocycles. The van der Waals surface area contributed by atoms with Crippen molar-refractivity contribution < 1.29 is 4.74 Å². The van der Waals surface area contributed by atoms with Crippen LogP contribution in [0.5, 0.6) is 5.75 Å². The van der Waals surface area contributed by atoms with Crippen molar-refractivity contribution in [2.24, 2.45) is 0 Å². The van der Waals surface area contributed by atoms with Gasteiger partial charge in [0, 0.05) is 23.2 Å². The molecule has 1 unspecified atom stereocenters. The van der Waals surface area contributed by atoms with Crippen LogP contribution in [0.25, 0.3) is 10.9 Å². The number of piperidine rings is 1. The smallest absolute Gasteiger partial charge is 0.205 e. The highest BCUT2D eigenvalue weighted by atomic mass is 35.5. The predicted octanol–water partition coefficient (Wildman–Crippen LogP) is 2.97. The van der Waals surface area contributed by atoms with Crippen LogP contribution < -0.4 is 20.8 Å². The van der Waals surface area contributed by atoms with Crippen LogP contribution in [0, 0.1) is 18.8 Å². The number of aryl methyl sites for hydroxylation is 1. The van der Waals surface area contributed by atoms with E-state index in [1.54, 1.807) is 6.07 Å². The summed E-state index contributed by atoms with van der Waals surface area (Å²) >= 11 is 6.39. The second-order valence-corrected chi connectivity index (χ2v) is 7.23. The monoisotopic (exact) mass is 387 g/mol. The summed E-state index contributed by atoms with van der Waals surface area (Å²) in [5, 5.41) is 7.55. The van der Waals surface area contributed by atoms with Gasteiger partial charge in [-0.2, -0.15) is 0 Å². The molecule has 1 aliphatic heterocycles. The Bertz CT molecular complexity index is 921. The summed E-state index contributed by atoms with van der Waals surface area (Å²) in [6.45, 7) is 6.87. The fourth-order valence-electron chi connectivity index (χ4n) is 3.25. The number of pyridine rings is 1. The molecule has 3 N–H and O–H groups in total. The van der Waals surface area contributed by atoms with Crippen molar-refractivity contribution in [2.75, 3.05) is 26.2 Å².